The second-order valence-corrected chi connectivity index (χ2v) is 9.75. The number of nitrogen functional groups attached to an aromatic ring is 1. The number of hydrogen-bond donors (Lipinski definition) is 3. The number of carboxylic acid groups (broad SMARTS) is 1. The SMILES string of the molecule is Nc1ccc2nc(SCC(=O)Nc3ccc(-c4cc(C(=O)O)c5ccccc5n4)cc3)sc2c1. The summed E-state index contributed by atoms with van der Waals surface area (Å²) in [5, 5.41) is 13.1. The summed E-state index contributed by atoms with van der Waals surface area (Å²) in [7, 11) is 0. The molecule has 5 rings (SSSR count). The summed E-state index contributed by atoms with van der Waals surface area (Å²) in [6.45, 7) is 0. The van der Waals surface area contributed by atoms with Gasteiger partial charge in [0.2, 0.25) is 5.91 Å². The number of aromatic carboxylic acids is 1. The number of carbonyl (C=O) groups excluding carboxylic acids is 1. The van der Waals surface area contributed by atoms with E-state index in [1.165, 1.54) is 23.1 Å². The molecular weight excluding hydrogens is 468 g/mol. The minimum Gasteiger partial charge on any atom is -0.478 e. The maximum Gasteiger partial charge on any atom is 0.336 e. The van der Waals surface area contributed by atoms with Crippen molar-refractivity contribution < 1.29 is 14.7 Å². The Kier molecular flexibility index (Phi) is 5.87. The first-order valence-corrected chi connectivity index (χ1v) is 12.1. The molecule has 0 atom stereocenters. The summed E-state index contributed by atoms with van der Waals surface area (Å²) in [5.41, 5.74) is 10.1. The lowest BCUT2D eigenvalue weighted by atomic mass is 10.0. The van der Waals surface area contributed by atoms with Gasteiger partial charge in [-0.1, -0.05) is 42.1 Å². The lowest BCUT2D eigenvalue weighted by Gasteiger charge is -2.09. The Bertz CT molecular complexity index is 1550. The van der Waals surface area contributed by atoms with E-state index >= 15 is 0 Å². The van der Waals surface area contributed by atoms with Gasteiger partial charge in [0.1, 0.15) is 0 Å². The topological polar surface area (TPSA) is 118 Å². The third-order valence-corrected chi connectivity index (χ3v) is 7.29. The van der Waals surface area contributed by atoms with Gasteiger partial charge in [-0.25, -0.2) is 14.8 Å². The van der Waals surface area contributed by atoms with E-state index in [0.717, 1.165) is 20.1 Å². The van der Waals surface area contributed by atoms with Crippen molar-refractivity contribution in [3.8, 4) is 11.3 Å². The Morgan fingerprint density at radius 3 is 2.56 bits per heavy atom. The van der Waals surface area contributed by atoms with Crippen molar-refractivity contribution in [3.05, 3.63) is 78.4 Å². The lowest BCUT2D eigenvalue weighted by Crippen LogP contribution is -2.13. The highest BCUT2D eigenvalue weighted by Crippen LogP contribution is 2.31. The molecule has 34 heavy (non-hydrogen) atoms. The fourth-order valence-corrected chi connectivity index (χ4v) is 5.45. The zero-order valence-corrected chi connectivity index (χ0v) is 19.3. The standard InChI is InChI=1S/C25H18N4O3S2/c26-15-7-10-20-22(11-15)34-25(29-20)33-13-23(30)27-16-8-5-14(6-9-16)21-12-18(24(31)32)17-3-1-2-4-19(17)28-21/h1-12H,13,26H2,(H,27,30)(H,31,32). The van der Waals surface area contributed by atoms with Crippen molar-refractivity contribution in [2.24, 2.45) is 0 Å². The normalized spacial score (nSPS) is 11.1. The highest BCUT2D eigenvalue weighted by molar-refractivity contribution is 8.01. The van der Waals surface area contributed by atoms with Crippen LogP contribution < -0.4 is 11.1 Å². The van der Waals surface area contributed by atoms with Gasteiger partial charge < -0.3 is 16.2 Å². The molecule has 5 aromatic rings. The van der Waals surface area contributed by atoms with E-state index in [1.54, 1.807) is 36.4 Å². The summed E-state index contributed by atoms with van der Waals surface area (Å²) in [6.07, 6.45) is 0. The molecule has 7 nitrogen and oxygen atoms in total. The van der Waals surface area contributed by atoms with Gasteiger partial charge in [0, 0.05) is 22.3 Å². The van der Waals surface area contributed by atoms with Gasteiger partial charge in [0.25, 0.3) is 0 Å². The average Bonchev–Trinajstić information content (AvgIpc) is 3.24. The summed E-state index contributed by atoms with van der Waals surface area (Å²) in [6, 6.07) is 21.4. The van der Waals surface area contributed by atoms with Crippen LogP contribution in [0.5, 0.6) is 0 Å². The Hall–Kier alpha value is -3.95. The molecular formula is C25H18N4O3S2. The van der Waals surface area contributed by atoms with Crippen LogP contribution in [0.1, 0.15) is 10.4 Å². The lowest BCUT2D eigenvalue weighted by molar-refractivity contribution is -0.113. The predicted molar refractivity (Wildman–Crippen MR) is 138 cm³/mol. The molecule has 0 aliphatic rings. The van der Waals surface area contributed by atoms with Gasteiger partial charge in [-0.3, -0.25) is 4.79 Å². The van der Waals surface area contributed by atoms with Gasteiger partial charge >= 0.3 is 5.97 Å². The van der Waals surface area contributed by atoms with Crippen LogP contribution in [0.4, 0.5) is 11.4 Å². The number of nitrogens with zero attached hydrogens (tertiary/aromatic N) is 2. The van der Waals surface area contributed by atoms with Crippen LogP contribution in [0.3, 0.4) is 0 Å². The van der Waals surface area contributed by atoms with Crippen molar-refractivity contribution in [2.75, 3.05) is 16.8 Å². The number of nitrogens with one attached hydrogen (secondary N) is 1. The number of hydrogen-bond acceptors (Lipinski definition) is 7. The van der Waals surface area contributed by atoms with E-state index in [0.29, 0.717) is 28.0 Å². The van der Waals surface area contributed by atoms with E-state index in [9.17, 15) is 14.7 Å². The number of benzene rings is 3. The molecule has 0 aliphatic carbocycles. The molecule has 0 radical (unpaired) electrons. The van der Waals surface area contributed by atoms with Crippen LogP contribution in [0.15, 0.2) is 77.1 Å². The minimum atomic E-state index is -1.00. The predicted octanol–water partition coefficient (Wildman–Crippen LogP) is 5.52. The zero-order valence-electron chi connectivity index (χ0n) is 17.7. The van der Waals surface area contributed by atoms with Gasteiger partial charge in [0.15, 0.2) is 4.34 Å². The first-order valence-electron chi connectivity index (χ1n) is 10.3. The number of anilines is 2. The molecule has 0 fully saturated rings. The fraction of sp³-hybridized carbons (Fsp3) is 0.0400. The first-order chi connectivity index (χ1) is 16.5. The maximum atomic E-state index is 12.4. The van der Waals surface area contributed by atoms with Gasteiger partial charge in [-0.2, -0.15) is 0 Å². The van der Waals surface area contributed by atoms with E-state index in [4.69, 9.17) is 5.73 Å². The van der Waals surface area contributed by atoms with Crippen molar-refractivity contribution in [1.29, 1.82) is 0 Å². The average molecular weight is 487 g/mol. The quantitative estimate of drug-likeness (QED) is 0.213. The minimum absolute atomic E-state index is 0.145. The highest BCUT2D eigenvalue weighted by Gasteiger charge is 2.13. The summed E-state index contributed by atoms with van der Waals surface area (Å²) in [5.74, 6) is -0.919. The number of carboxylic acids is 1. The number of nitrogens with two attached hydrogens (primary N) is 1. The molecule has 0 spiro atoms. The van der Waals surface area contributed by atoms with E-state index < -0.39 is 5.97 Å². The molecule has 0 bridgehead atoms. The smallest absolute Gasteiger partial charge is 0.336 e. The Morgan fingerprint density at radius 2 is 1.76 bits per heavy atom. The number of thioether (sulfide) groups is 1. The highest BCUT2D eigenvalue weighted by atomic mass is 32.2. The summed E-state index contributed by atoms with van der Waals surface area (Å²) in [4.78, 5) is 33.3. The molecule has 0 aliphatic heterocycles. The molecule has 168 valence electrons. The van der Waals surface area contributed by atoms with Crippen molar-refractivity contribution in [3.63, 3.8) is 0 Å². The van der Waals surface area contributed by atoms with E-state index in [1.807, 2.05) is 36.4 Å². The Balaban J connectivity index is 1.27. The molecule has 0 unspecified atom stereocenters. The number of fused-ring (bicyclic) bond motifs is 2. The van der Waals surface area contributed by atoms with Crippen molar-refractivity contribution in [1.82, 2.24) is 9.97 Å². The van der Waals surface area contributed by atoms with Gasteiger partial charge in [0.05, 0.1) is 32.7 Å². The molecule has 0 saturated heterocycles. The monoisotopic (exact) mass is 486 g/mol. The first kappa shape index (κ1) is 21.9. The third kappa shape index (κ3) is 4.57. The Morgan fingerprint density at radius 1 is 0.971 bits per heavy atom. The van der Waals surface area contributed by atoms with E-state index in [2.05, 4.69) is 15.3 Å². The molecule has 1 amide bonds. The second-order valence-electron chi connectivity index (χ2n) is 7.50. The number of carbonyl (C=O) groups is 2. The second kappa shape index (κ2) is 9.12. The number of rotatable bonds is 6. The molecule has 0 saturated carbocycles. The van der Waals surface area contributed by atoms with Crippen molar-refractivity contribution in [2.45, 2.75) is 4.34 Å². The van der Waals surface area contributed by atoms with E-state index in [-0.39, 0.29) is 17.2 Å². The largest absolute Gasteiger partial charge is 0.478 e. The number of amides is 1. The van der Waals surface area contributed by atoms with Crippen molar-refractivity contribution >= 4 is 67.5 Å². The molecule has 4 N–H and O–H groups in total. The van der Waals surface area contributed by atoms with Crippen LogP contribution in [0.25, 0.3) is 32.4 Å². The van der Waals surface area contributed by atoms with Crippen LogP contribution in [-0.4, -0.2) is 32.7 Å². The number of pyridine rings is 1. The number of para-hydroxylation sites is 1. The number of thiazole rings is 1. The summed E-state index contributed by atoms with van der Waals surface area (Å²) < 4.78 is 1.80. The van der Waals surface area contributed by atoms with Gasteiger partial charge in [-0.15, -0.1) is 11.3 Å². The molecule has 3 aromatic carbocycles. The van der Waals surface area contributed by atoms with Crippen LogP contribution in [-0.2, 0) is 4.79 Å². The molecule has 9 heteroatoms. The fourth-order valence-electron chi connectivity index (χ4n) is 3.53. The van der Waals surface area contributed by atoms with Gasteiger partial charge in [-0.05, 0) is 42.5 Å². The van der Waals surface area contributed by atoms with Crippen LogP contribution >= 0.6 is 23.1 Å². The summed E-state index contributed by atoms with van der Waals surface area (Å²) >= 11 is 2.88. The Labute approximate surface area is 202 Å². The van der Waals surface area contributed by atoms with Crippen LogP contribution in [0.2, 0.25) is 0 Å². The molecule has 2 heterocycles. The zero-order chi connectivity index (χ0) is 23.7. The third-order valence-electron chi connectivity index (χ3n) is 5.13. The maximum absolute atomic E-state index is 12.4. The molecule has 2 aromatic heterocycles. The van der Waals surface area contributed by atoms with Crippen LogP contribution in [0, 0.1) is 0 Å². The number of aromatic nitrogens is 2.